The average Bonchev–Trinajstić information content (AvgIpc) is 3.27. The molecule has 0 unspecified atom stereocenters. The van der Waals surface area contributed by atoms with Gasteiger partial charge >= 0.3 is 0 Å². The predicted molar refractivity (Wildman–Crippen MR) is 113 cm³/mol. The second-order valence-electron chi connectivity index (χ2n) is 7.05. The summed E-state index contributed by atoms with van der Waals surface area (Å²) in [5.41, 5.74) is 1.05. The van der Waals surface area contributed by atoms with Crippen molar-refractivity contribution in [3.63, 3.8) is 0 Å². The minimum Gasteiger partial charge on any atom is -0.368 e. The smallest absolute Gasteiger partial charge is 0.224 e. The first-order valence-corrected chi connectivity index (χ1v) is 9.84. The van der Waals surface area contributed by atoms with Crippen LogP contribution in [0.5, 0.6) is 0 Å². The summed E-state index contributed by atoms with van der Waals surface area (Å²) in [6.45, 7) is 3.28. The second-order valence-corrected chi connectivity index (χ2v) is 7.05. The van der Waals surface area contributed by atoms with Crippen LogP contribution in [-0.2, 0) is 11.2 Å². The normalized spacial score (nSPS) is 13.6. The Morgan fingerprint density at radius 2 is 1.82 bits per heavy atom. The average molecular weight is 375 g/mol. The Morgan fingerprint density at radius 1 is 1.00 bits per heavy atom. The van der Waals surface area contributed by atoms with E-state index in [0.717, 1.165) is 41.1 Å². The molecule has 1 aliphatic rings. The van der Waals surface area contributed by atoms with Gasteiger partial charge in [-0.15, -0.1) is 0 Å². The first-order valence-electron chi connectivity index (χ1n) is 9.84. The Morgan fingerprint density at radius 3 is 2.71 bits per heavy atom. The molecule has 0 aliphatic carbocycles. The van der Waals surface area contributed by atoms with E-state index in [-0.39, 0.29) is 5.91 Å². The largest absolute Gasteiger partial charge is 0.368 e. The Balaban J connectivity index is 1.26. The number of nitrogens with zero attached hydrogens (tertiary/aromatic N) is 3. The minimum atomic E-state index is 0.0265. The molecular formula is C22H25N5O. The Hall–Kier alpha value is -3.15. The van der Waals surface area contributed by atoms with Crippen LogP contribution in [0.25, 0.3) is 10.8 Å². The number of nitrogens with one attached hydrogen (secondary N) is 2. The molecule has 1 amide bonds. The van der Waals surface area contributed by atoms with Crippen molar-refractivity contribution in [3.8, 4) is 0 Å². The van der Waals surface area contributed by atoms with E-state index < -0.39 is 0 Å². The van der Waals surface area contributed by atoms with E-state index in [1.165, 1.54) is 12.8 Å². The predicted octanol–water partition coefficient (Wildman–Crippen LogP) is 3.00. The lowest BCUT2D eigenvalue weighted by Gasteiger charge is -2.16. The zero-order valence-electron chi connectivity index (χ0n) is 15.9. The quantitative estimate of drug-likeness (QED) is 0.621. The van der Waals surface area contributed by atoms with Crippen molar-refractivity contribution >= 4 is 28.3 Å². The van der Waals surface area contributed by atoms with Crippen LogP contribution in [0.3, 0.4) is 0 Å². The lowest BCUT2D eigenvalue weighted by molar-refractivity contribution is -0.120. The molecule has 0 radical (unpaired) electrons. The first kappa shape index (κ1) is 18.2. The van der Waals surface area contributed by atoms with Crippen molar-refractivity contribution in [2.24, 2.45) is 0 Å². The van der Waals surface area contributed by atoms with Gasteiger partial charge in [0, 0.05) is 32.2 Å². The highest BCUT2D eigenvalue weighted by Gasteiger charge is 2.14. The molecule has 6 nitrogen and oxygen atoms in total. The highest BCUT2D eigenvalue weighted by atomic mass is 16.1. The van der Waals surface area contributed by atoms with Crippen molar-refractivity contribution in [1.29, 1.82) is 0 Å². The number of benzene rings is 2. The van der Waals surface area contributed by atoms with Crippen LogP contribution < -0.4 is 15.5 Å². The lowest BCUT2D eigenvalue weighted by Crippen LogP contribution is -2.30. The molecule has 2 aromatic carbocycles. The van der Waals surface area contributed by atoms with Gasteiger partial charge < -0.3 is 15.5 Å². The van der Waals surface area contributed by atoms with Gasteiger partial charge in [0.2, 0.25) is 5.91 Å². The van der Waals surface area contributed by atoms with Gasteiger partial charge in [0.15, 0.2) is 0 Å². The molecule has 1 fully saturated rings. The molecule has 0 atom stereocenters. The van der Waals surface area contributed by atoms with E-state index in [1.807, 2.05) is 30.3 Å². The fourth-order valence-corrected chi connectivity index (χ4v) is 3.64. The third kappa shape index (κ3) is 4.39. The summed E-state index contributed by atoms with van der Waals surface area (Å²) < 4.78 is 0. The number of anilines is 2. The topological polar surface area (TPSA) is 70.2 Å². The van der Waals surface area contributed by atoms with Gasteiger partial charge in [0.1, 0.15) is 18.0 Å². The summed E-state index contributed by atoms with van der Waals surface area (Å²) in [6.07, 6.45) is 4.41. The first-order chi connectivity index (χ1) is 13.8. The second kappa shape index (κ2) is 8.69. The van der Waals surface area contributed by atoms with Gasteiger partial charge in [-0.25, -0.2) is 9.97 Å². The third-order valence-electron chi connectivity index (χ3n) is 5.07. The standard InChI is InChI=1S/C22H25N5O/c28-22(14-18-8-5-7-17-6-1-2-9-19(17)18)24-11-10-23-20-15-21(26-16-25-20)27-12-3-4-13-27/h1-2,5-9,15-16H,3-4,10-14H2,(H,24,28)(H,23,25,26). The summed E-state index contributed by atoms with van der Waals surface area (Å²) in [4.78, 5) is 23.2. The lowest BCUT2D eigenvalue weighted by atomic mass is 10.0. The summed E-state index contributed by atoms with van der Waals surface area (Å²) in [5.74, 6) is 1.79. The molecule has 4 rings (SSSR count). The highest BCUT2D eigenvalue weighted by Crippen LogP contribution is 2.20. The maximum absolute atomic E-state index is 12.3. The number of fused-ring (bicyclic) bond motifs is 1. The minimum absolute atomic E-state index is 0.0265. The van der Waals surface area contributed by atoms with Crippen molar-refractivity contribution in [2.45, 2.75) is 19.3 Å². The SMILES string of the molecule is O=C(Cc1cccc2ccccc12)NCCNc1cc(N2CCCC2)ncn1. The van der Waals surface area contributed by atoms with Crippen LogP contribution >= 0.6 is 0 Å². The number of hydrogen-bond acceptors (Lipinski definition) is 5. The van der Waals surface area contributed by atoms with Crippen LogP contribution in [-0.4, -0.2) is 42.1 Å². The maximum atomic E-state index is 12.3. The molecule has 2 heterocycles. The van der Waals surface area contributed by atoms with E-state index in [2.05, 4.69) is 43.7 Å². The molecule has 3 aromatic rings. The van der Waals surface area contributed by atoms with Gasteiger partial charge in [0.05, 0.1) is 6.42 Å². The number of carbonyl (C=O) groups is 1. The Bertz CT molecular complexity index is 947. The van der Waals surface area contributed by atoms with E-state index >= 15 is 0 Å². The number of hydrogen-bond donors (Lipinski definition) is 2. The van der Waals surface area contributed by atoms with Crippen molar-refractivity contribution in [3.05, 3.63) is 60.4 Å². The fourth-order valence-electron chi connectivity index (χ4n) is 3.64. The van der Waals surface area contributed by atoms with Crippen LogP contribution in [0.1, 0.15) is 18.4 Å². The van der Waals surface area contributed by atoms with Crippen molar-refractivity contribution < 1.29 is 4.79 Å². The van der Waals surface area contributed by atoms with Crippen molar-refractivity contribution in [2.75, 3.05) is 36.4 Å². The molecule has 1 aliphatic heterocycles. The summed E-state index contributed by atoms with van der Waals surface area (Å²) in [6, 6.07) is 16.2. The molecule has 6 heteroatoms. The molecule has 0 spiro atoms. The summed E-state index contributed by atoms with van der Waals surface area (Å²) in [5, 5.41) is 8.54. The van der Waals surface area contributed by atoms with Crippen LogP contribution in [0.15, 0.2) is 54.9 Å². The van der Waals surface area contributed by atoms with Gasteiger partial charge in [-0.1, -0.05) is 42.5 Å². The molecule has 28 heavy (non-hydrogen) atoms. The van der Waals surface area contributed by atoms with E-state index in [9.17, 15) is 4.79 Å². The number of rotatable bonds is 7. The fraction of sp³-hybridized carbons (Fsp3) is 0.318. The number of amides is 1. The van der Waals surface area contributed by atoms with Gasteiger partial charge in [0.25, 0.3) is 0 Å². The van der Waals surface area contributed by atoms with Crippen LogP contribution in [0, 0.1) is 0 Å². The monoisotopic (exact) mass is 375 g/mol. The van der Waals surface area contributed by atoms with E-state index in [1.54, 1.807) is 6.33 Å². The Labute approximate surface area is 165 Å². The van der Waals surface area contributed by atoms with Crippen LogP contribution in [0.2, 0.25) is 0 Å². The van der Waals surface area contributed by atoms with E-state index in [0.29, 0.717) is 19.5 Å². The Kier molecular flexibility index (Phi) is 5.66. The summed E-state index contributed by atoms with van der Waals surface area (Å²) >= 11 is 0. The molecule has 144 valence electrons. The molecule has 0 saturated carbocycles. The van der Waals surface area contributed by atoms with E-state index in [4.69, 9.17) is 0 Å². The number of carbonyl (C=O) groups excluding carboxylic acids is 1. The number of aromatic nitrogens is 2. The highest BCUT2D eigenvalue weighted by molar-refractivity contribution is 5.90. The van der Waals surface area contributed by atoms with Crippen molar-refractivity contribution in [1.82, 2.24) is 15.3 Å². The maximum Gasteiger partial charge on any atom is 0.224 e. The molecule has 0 bridgehead atoms. The molecule has 2 N–H and O–H groups in total. The van der Waals surface area contributed by atoms with Gasteiger partial charge in [-0.05, 0) is 29.2 Å². The molecule has 1 saturated heterocycles. The zero-order chi connectivity index (χ0) is 19.2. The molecule has 1 aromatic heterocycles. The van der Waals surface area contributed by atoms with Gasteiger partial charge in [-0.3, -0.25) is 4.79 Å². The third-order valence-corrected chi connectivity index (χ3v) is 5.07. The zero-order valence-corrected chi connectivity index (χ0v) is 15.9. The summed E-state index contributed by atoms with van der Waals surface area (Å²) in [7, 11) is 0. The van der Waals surface area contributed by atoms with Crippen LogP contribution in [0.4, 0.5) is 11.6 Å². The van der Waals surface area contributed by atoms with Gasteiger partial charge in [-0.2, -0.15) is 0 Å². The molecular weight excluding hydrogens is 350 g/mol.